The molecule has 0 radical (unpaired) electrons. The van der Waals surface area contributed by atoms with Crippen LogP contribution in [0.2, 0.25) is 0 Å². The number of carbonyl (C=O) groups is 1. The minimum Gasteiger partial charge on any atom is -0.450 e. The maximum Gasteiger partial charge on any atom is 0.409 e. The van der Waals surface area contributed by atoms with Crippen LogP contribution < -0.4 is 0 Å². The van der Waals surface area contributed by atoms with Gasteiger partial charge < -0.3 is 24.2 Å². The normalized spacial score (nSPS) is 30.1. The molecule has 2 heterocycles. The number of nitrogens with zero attached hydrogens (tertiary/aromatic N) is 3. The van der Waals surface area contributed by atoms with E-state index in [1.807, 2.05) is 11.8 Å². The minimum absolute atomic E-state index is 0.0838. The van der Waals surface area contributed by atoms with Gasteiger partial charge in [0.05, 0.1) is 12.2 Å². The Bertz CT molecular complexity index is 511. The standard InChI is InChI=1S/C21H39N3O3/c1-6-27-19(25)24-12-9-21(16-24)13-18(14-21)23-10-7-17(8-11-23)22(4)15-20(2,3)26-5/h17-18H,6-16H2,1-5H3. The van der Waals surface area contributed by atoms with Gasteiger partial charge in [0, 0.05) is 38.8 Å². The predicted octanol–water partition coefficient (Wildman–Crippen LogP) is 2.82. The number of hydrogen-bond acceptors (Lipinski definition) is 5. The molecule has 2 aliphatic heterocycles. The van der Waals surface area contributed by atoms with E-state index in [1.165, 1.54) is 38.8 Å². The van der Waals surface area contributed by atoms with E-state index in [0.717, 1.165) is 26.1 Å². The summed E-state index contributed by atoms with van der Waals surface area (Å²) in [7, 11) is 4.04. The summed E-state index contributed by atoms with van der Waals surface area (Å²) in [6.45, 7) is 11.8. The van der Waals surface area contributed by atoms with Crippen LogP contribution >= 0.6 is 0 Å². The van der Waals surface area contributed by atoms with Gasteiger partial charge in [-0.25, -0.2) is 4.79 Å². The molecule has 2 saturated heterocycles. The summed E-state index contributed by atoms with van der Waals surface area (Å²) in [5.41, 5.74) is 0.285. The van der Waals surface area contributed by atoms with Crippen LogP contribution in [0.1, 0.15) is 52.9 Å². The van der Waals surface area contributed by atoms with Crippen LogP contribution in [0.15, 0.2) is 0 Å². The molecular formula is C21H39N3O3. The van der Waals surface area contributed by atoms with E-state index in [4.69, 9.17) is 9.47 Å². The first kappa shape index (κ1) is 20.9. The maximum atomic E-state index is 12.0. The summed E-state index contributed by atoms with van der Waals surface area (Å²) in [6, 6.07) is 1.38. The Labute approximate surface area is 165 Å². The van der Waals surface area contributed by atoms with E-state index >= 15 is 0 Å². The predicted molar refractivity (Wildman–Crippen MR) is 107 cm³/mol. The lowest BCUT2D eigenvalue weighted by molar-refractivity contribution is -0.0347. The number of likely N-dealkylation sites (N-methyl/N-ethyl adjacent to an activating group) is 1. The second kappa shape index (κ2) is 8.26. The van der Waals surface area contributed by atoms with E-state index in [1.54, 1.807) is 7.11 Å². The molecular weight excluding hydrogens is 342 g/mol. The summed E-state index contributed by atoms with van der Waals surface area (Å²) < 4.78 is 10.8. The Morgan fingerprint density at radius 1 is 1.22 bits per heavy atom. The molecule has 6 heteroatoms. The van der Waals surface area contributed by atoms with E-state index in [9.17, 15) is 4.79 Å². The van der Waals surface area contributed by atoms with Crippen molar-refractivity contribution in [2.45, 2.75) is 70.6 Å². The zero-order chi connectivity index (χ0) is 19.7. The molecule has 0 N–H and O–H groups in total. The molecule has 156 valence electrons. The quantitative estimate of drug-likeness (QED) is 0.708. The third-order valence-electron chi connectivity index (χ3n) is 7.12. The number of ether oxygens (including phenoxy) is 2. The molecule has 0 atom stereocenters. The van der Waals surface area contributed by atoms with Gasteiger partial charge in [-0.15, -0.1) is 0 Å². The van der Waals surface area contributed by atoms with Gasteiger partial charge in [0.1, 0.15) is 0 Å². The van der Waals surface area contributed by atoms with Crippen LogP contribution in [-0.2, 0) is 9.47 Å². The molecule has 3 fully saturated rings. The van der Waals surface area contributed by atoms with Gasteiger partial charge in [-0.3, -0.25) is 0 Å². The fourth-order valence-corrected chi connectivity index (χ4v) is 5.32. The van der Waals surface area contributed by atoms with Crippen molar-refractivity contribution in [3.05, 3.63) is 0 Å². The van der Waals surface area contributed by atoms with Crippen LogP contribution in [-0.4, -0.2) is 92.0 Å². The number of likely N-dealkylation sites (tertiary alicyclic amines) is 2. The summed E-state index contributed by atoms with van der Waals surface area (Å²) in [4.78, 5) is 19.1. The van der Waals surface area contributed by atoms with E-state index < -0.39 is 0 Å². The van der Waals surface area contributed by atoms with Gasteiger partial charge in [0.15, 0.2) is 0 Å². The fraction of sp³-hybridized carbons (Fsp3) is 0.952. The highest BCUT2D eigenvalue weighted by atomic mass is 16.6. The molecule has 0 unspecified atom stereocenters. The van der Waals surface area contributed by atoms with Gasteiger partial charge >= 0.3 is 6.09 Å². The molecule has 0 aromatic carbocycles. The number of carbonyl (C=O) groups excluding carboxylic acids is 1. The van der Waals surface area contributed by atoms with Crippen LogP contribution in [0.5, 0.6) is 0 Å². The van der Waals surface area contributed by atoms with E-state index in [0.29, 0.717) is 24.1 Å². The first-order chi connectivity index (χ1) is 12.8. The van der Waals surface area contributed by atoms with Gasteiger partial charge in [-0.05, 0) is 78.4 Å². The second-order valence-corrected chi connectivity index (χ2v) is 9.58. The molecule has 1 spiro atoms. The van der Waals surface area contributed by atoms with Crippen molar-refractivity contribution in [1.29, 1.82) is 0 Å². The van der Waals surface area contributed by atoms with Gasteiger partial charge in [-0.1, -0.05) is 0 Å². The molecule has 3 rings (SSSR count). The zero-order valence-corrected chi connectivity index (χ0v) is 18.0. The van der Waals surface area contributed by atoms with Crippen molar-refractivity contribution in [3.63, 3.8) is 0 Å². The van der Waals surface area contributed by atoms with Crippen LogP contribution in [0.3, 0.4) is 0 Å². The van der Waals surface area contributed by atoms with Crippen molar-refractivity contribution in [3.8, 4) is 0 Å². The minimum atomic E-state index is -0.124. The van der Waals surface area contributed by atoms with Crippen LogP contribution in [0.25, 0.3) is 0 Å². The number of rotatable bonds is 6. The lowest BCUT2D eigenvalue weighted by Crippen LogP contribution is -2.56. The molecule has 1 amide bonds. The van der Waals surface area contributed by atoms with E-state index in [2.05, 4.69) is 30.7 Å². The Balaban J connectivity index is 1.40. The maximum absolute atomic E-state index is 12.0. The van der Waals surface area contributed by atoms with E-state index in [-0.39, 0.29) is 11.7 Å². The summed E-state index contributed by atoms with van der Waals surface area (Å²) in [5, 5.41) is 0. The number of piperidine rings is 1. The highest BCUT2D eigenvalue weighted by molar-refractivity contribution is 5.68. The average molecular weight is 382 g/mol. The Morgan fingerprint density at radius 2 is 1.89 bits per heavy atom. The average Bonchev–Trinajstić information content (AvgIpc) is 3.06. The van der Waals surface area contributed by atoms with Crippen molar-refractivity contribution in [2.24, 2.45) is 5.41 Å². The third kappa shape index (κ3) is 4.77. The smallest absolute Gasteiger partial charge is 0.409 e. The monoisotopic (exact) mass is 381 g/mol. The molecule has 27 heavy (non-hydrogen) atoms. The fourth-order valence-electron chi connectivity index (χ4n) is 5.32. The zero-order valence-electron chi connectivity index (χ0n) is 18.0. The first-order valence-electron chi connectivity index (χ1n) is 10.7. The summed E-state index contributed by atoms with van der Waals surface area (Å²) >= 11 is 0. The topological polar surface area (TPSA) is 45.2 Å². The molecule has 0 aromatic rings. The molecule has 0 aromatic heterocycles. The highest BCUT2D eigenvalue weighted by Gasteiger charge is 2.51. The molecule has 1 aliphatic carbocycles. The lowest BCUT2D eigenvalue weighted by atomic mass is 9.64. The van der Waals surface area contributed by atoms with Gasteiger partial charge in [0.25, 0.3) is 0 Å². The van der Waals surface area contributed by atoms with Crippen molar-refractivity contribution in [1.82, 2.24) is 14.7 Å². The number of methoxy groups -OCH3 is 1. The number of amides is 1. The third-order valence-corrected chi connectivity index (χ3v) is 7.12. The van der Waals surface area contributed by atoms with Gasteiger partial charge in [-0.2, -0.15) is 0 Å². The Kier molecular flexibility index (Phi) is 6.38. The first-order valence-corrected chi connectivity index (χ1v) is 10.7. The molecule has 6 nitrogen and oxygen atoms in total. The van der Waals surface area contributed by atoms with Crippen LogP contribution in [0.4, 0.5) is 4.79 Å². The Morgan fingerprint density at radius 3 is 2.48 bits per heavy atom. The van der Waals surface area contributed by atoms with Crippen molar-refractivity contribution in [2.75, 3.05) is 53.5 Å². The number of hydrogen-bond donors (Lipinski definition) is 0. The second-order valence-electron chi connectivity index (χ2n) is 9.58. The van der Waals surface area contributed by atoms with Crippen molar-refractivity contribution >= 4 is 6.09 Å². The summed E-state index contributed by atoms with van der Waals surface area (Å²) in [5.74, 6) is 0. The molecule has 3 aliphatic rings. The lowest BCUT2D eigenvalue weighted by Gasteiger charge is -2.52. The largest absolute Gasteiger partial charge is 0.450 e. The van der Waals surface area contributed by atoms with Crippen molar-refractivity contribution < 1.29 is 14.3 Å². The highest BCUT2D eigenvalue weighted by Crippen LogP contribution is 2.50. The molecule has 0 bridgehead atoms. The Hall–Kier alpha value is -0.850. The van der Waals surface area contributed by atoms with Crippen LogP contribution in [0, 0.1) is 5.41 Å². The molecule has 1 saturated carbocycles. The SMILES string of the molecule is CCOC(=O)N1CCC2(CC(N3CCC(N(C)CC(C)(C)OC)CC3)C2)C1. The van der Waals surface area contributed by atoms with Gasteiger partial charge in [0.2, 0.25) is 0 Å². The summed E-state index contributed by atoms with van der Waals surface area (Å²) in [6.07, 6.45) is 6.01.